The summed E-state index contributed by atoms with van der Waals surface area (Å²) < 4.78 is 1.90. The highest BCUT2D eigenvalue weighted by atomic mass is 32.1. The maximum atomic E-state index is 4.84. The molecule has 0 saturated heterocycles. The van der Waals surface area contributed by atoms with Crippen LogP contribution in [0.15, 0.2) is 48.5 Å². The molecule has 0 aliphatic rings. The molecule has 1 N–H and O–H groups in total. The average Bonchev–Trinajstić information content (AvgIpc) is 3.26. The fraction of sp³-hybridized carbons (Fsp3) is 0.105. The van der Waals surface area contributed by atoms with Gasteiger partial charge in [-0.3, -0.25) is 0 Å². The van der Waals surface area contributed by atoms with E-state index in [1.807, 2.05) is 35.7 Å². The zero-order valence-electron chi connectivity index (χ0n) is 13.8. The third-order valence-corrected chi connectivity index (χ3v) is 5.07. The molecule has 25 heavy (non-hydrogen) atoms. The van der Waals surface area contributed by atoms with Crippen LogP contribution in [0.1, 0.15) is 10.6 Å². The Kier molecular flexibility index (Phi) is 3.02. The monoisotopic (exact) mass is 345 g/mol. The van der Waals surface area contributed by atoms with Crippen LogP contribution in [0.4, 0.5) is 0 Å². The van der Waals surface area contributed by atoms with Gasteiger partial charge in [-0.05, 0) is 26.0 Å². The summed E-state index contributed by atoms with van der Waals surface area (Å²) in [7, 11) is 0. The molecule has 3 heterocycles. The van der Waals surface area contributed by atoms with Crippen LogP contribution >= 0.6 is 11.3 Å². The quantitative estimate of drug-likeness (QED) is 0.508. The van der Waals surface area contributed by atoms with Crippen molar-refractivity contribution in [2.75, 3.05) is 0 Å². The van der Waals surface area contributed by atoms with E-state index in [1.165, 1.54) is 5.56 Å². The first-order chi connectivity index (χ1) is 12.2. The van der Waals surface area contributed by atoms with Crippen LogP contribution in [0.3, 0.4) is 0 Å². The van der Waals surface area contributed by atoms with Gasteiger partial charge in [-0.1, -0.05) is 53.3 Å². The Morgan fingerprint density at radius 3 is 2.56 bits per heavy atom. The summed E-state index contributed by atoms with van der Waals surface area (Å²) in [5.74, 6) is 0.787. The van der Waals surface area contributed by atoms with Gasteiger partial charge in [0.2, 0.25) is 4.96 Å². The number of aromatic amines is 1. The molecule has 0 aliphatic carbocycles. The summed E-state index contributed by atoms with van der Waals surface area (Å²) in [5, 5.41) is 5.62. The Balaban J connectivity index is 1.82. The standard InChI is InChI=1S/C19H15N5S/c1-11-7-9-13(10-8-11)16-17(24-19(22-16)25-12(2)23-24)18-20-14-5-3-4-6-15(14)21-18/h3-10H,1-2H3,(H,20,21). The molecule has 0 spiro atoms. The van der Waals surface area contributed by atoms with Gasteiger partial charge < -0.3 is 4.98 Å². The minimum absolute atomic E-state index is 0.787. The maximum Gasteiger partial charge on any atom is 0.213 e. The zero-order valence-corrected chi connectivity index (χ0v) is 14.6. The molecule has 122 valence electrons. The Bertz CT molecular complexity index is 1180. The summed E-state index contributed by atoms with van der Waals surface area (Å²) in [5.41, 5.74) is 6.04. The molecular formula is C19H15N5S. The fourth-order valence-electron chi connectivity index (χ4n) is 3.03. The highest BCUT2D eigenvalue weighted by molar-refractivity contribution is 7.16. The molecule has 0 bridgehead atoms. The molecule has 0 atom stereocenters. The van der Waals surface area contributed by atoms with Gasteiger partial charge in [0, 0.05) is 5.56 Å². The third-order valence-electron chi connectivity index (χ3n) is 4.24. The van der Waals surface area contributed by atoms with E-state index < -0.39 is 0 Å². The van der Waals surface area contributed by atoms with Crippen molar-refractivity contribution >= 4 is 27.3 Å². The topological polar surface area (TPSA) is 58.9 Å². The first kappa shape index (κ1) is 14.4. The zero-order chi connectivity index (χ0) is 17.0. The summed E-state index contributed by atoms with van der Waals surface area (Å²) >= 11 is 1.59. The minimum Gasteiger partial charge on any atom is -0.337 e. The SMILES string of the molecule is Cc1ccc(-c2nc3sc(C)nn3c2-c2nc3ccccc3[nH]2)cc1. The largest absolute Gasteiger partial charge is 0.337 e. The van der Waals surface area contributed by atoms with Gasteiger partial charge >= 0.3 is 0 Å². The number of imidazole rings is 2. The third kappa shape index (κ3) is 2.26. The predicted octanol–water partition coefficient (Wildman–Crippen LogP) is 4.62. The minimum atomic E-state index is 0.787. The lowest BCUT2D eigenvalue weighted by molar-refractivity contribution is 0.945. The number of rotatable bonds is 2. The first-order valence-electron chi connectivity index (χ1n) is 8.07. The van der Waals surface area contributed by atoms with Crippen LogP contribution < -0.4 is 0 Å². The molecule has 0 saturated carbocycles. The number of fused-ring (bicyclic) bond motifs is 2. The van der Waals surface area contributed by atoms with Crippen LogP contribution in [0.25, 0.3) is 38.8 Å². The molecular weight excluding hydrogens is 330 g/mol. The van der Waals surface area contributed by atoms with Gasteiger partial charge in [-0.25, -0.2) is 9.97 Å². The molecule has 2 aromatic carbocycles. The molecule has 0 radical (unpaired) electrons. The predicted molar refractivity (Wildman–Crippen MR) is 101 cm³/mol. The number of aryl methyl sites for hydroxylation is 2. The Hall–Kier alpha value is -2.99. The molecule has 3 aromatic heterocycles. The van der Waals surface area contributed by atoms with Crippen molar-refractivity contribution < 1.29 is 0 Å². The molecule has 5 nitrogen and oxygen atoms in total. The van der Waals surface area contributed by atoms with Gasteiger partial charge in [-0.15, -0.1) is 0 Å². The second kappa shape index (κ2) is 5.26. The van der Waals surface area contributed by atoms with Crippen LogP contribution in [-0.4, -0.2) is 24.6 Å². The summed E-state index contributed by atoms with van der Waals surface area (Å²) in [6.07, 6.45) is 0. The van der Waals surface area contributed by atoms with Crippen molar-refractivity contribution in [3.8, 4) is 22.8 Å². The van der Waals surface area contributed by atoms with E-state index in [-0.39, 0.29) is 0 Å². The molecule has 5 rings (SSSR count). The maximum absolute atomic E-state index is 4.84. The second-order valence-corrected chi connectivity index (χ2v) is 7.25. The van der Waals surface area contributed by atoms with E-state index in [0.29, 0.717) is 0 Å². The van der Waals surface area contributed by atoms with Crippen molar-refractivity contribution in [1.82, 2.24) is 24.6 Å². The first-order valence-corrected chi connectivity index (χ1v) is 8.89. The lowest BCUT2D eigenvalue weighted by Crippen LogP contribution is -1.93. The Morgan fingerprint density at radius 2 is 1.76 bits per heavy atom. The van der Waals surface area contributed by atoms with E-state index in [4.69, 9.17) is 9.97 Å². The molecule has 0 aliphatic heterocycles. The summed E-state index contributed by atoms with van der Waals surface area (Å²) in [4.78, 5) is 13.9. The number of nitrogens with zero attached hydrogens (tertiary/aromatic N) is 4. The van der Waals surface area contributed by atoms with E-state index in [1.54, 1.807) is 11.3 Å². The number of H-pyrrole nitrogens is 1. The second-order valence-electron chi connectivity index (χ2n) is 6.09. The van der Waals surface area contributed by atoms with Gasteiger partial charge in [0.1, 0.15) is 16.4 Å². The average molecular weight is 345 g/mol. The molecule has 0 unspecified atom stereocenters. The van der Waals surface area contributed by atoms with Crippen molar-refractivity contribution in [2.24, 2.45) is 0 Å². The van der Waals surface area contributed by atoms with Gasteiger partial charge in [0.05, 0.1) is 11.0 Å². The summed E-state index contributed by atoms with van der Waals surface area (Å²) in [6, 6.07) is 16.4. The number of aromatic nitrogens is 5. The van der Waals surface area contributed by atoms with Crippen molar-refractivity contribution in [1.29, 1.82) is 0 Å². The van der Waals surface area contributed by atoms with Crippen molar-refractivity contribution in [3.63, 3.8) is 0 Å². The normalized spacial score (nSPS) is 11.6. The number of benzene rings is 2. The molecule has 0 fully saturated rings. The lowest BCUT2D eigenvalue weighted by atomic mass is 10.1. The van der Waals surface area contributed by atoms with Crippen molar-refractivity contribution in [3.05, 3.63) is 59.1 Å². The van der Waals surface area contributed by atoms with E-state index in [0.717, 1.165) is 43.8 Å². The van der Waals surface area contributed by atoms with E-state index in [2.05, 4.69) is 41.3 Å². The number of para-hydroxylation sites is 2. The van der Waals surface area contributed by atoms with Crippen LogP contribution in [0.5, 0.6) is 0 Å². The Morgan fingerprint density at radius 1 is 0.960 bits per heavy atom. The van der Waals surface area contributed by atoms with Crippen LogP contribution in [0.2, 0.25) is 0 Å². The number of hydrogen-bond acceptors (Lipinski definition) is 4. The Labute approximate surface area is 148 Å². The van der Waals surface area contributed by atoms with Gasteiger partial charge in [-0.2, -0.15) is 9.61 Å². The highest BCUT2D eigenvalue weighted by Gasteiger charge is 2.21. The van der Waals surface area contributed by atoms with Crippen LogP contribution in [0, 0.1) is 13.8 Å². The highest BCUT2D eigenvalue weighted by Crippen LogP contribution is 2.33. The fourth-order valence-corrected chi connectivity index (χ4v) is 3.78. The van der Waals surface area contributed by atoms with Crippen LogP contribution in [-0.2, 0) is 0 Å². The molecule has 6 heteroatoms. The van der Waals surface area contributed by atoms with Gasteiger partial charge in [0.15, 0.2) is 5.82 Å². The molecule has 0 amide bonds. The van der Waals surface area contributed by atoms with Crippen molar-refractivity contribution in [2.45, 2.75) is 13.8 Å². The smallest absolute Gasteiger partial charge is 0.213 e. The summed E-state index contributed by atoms with van der Waals surface area (Å²) in [6.45, 7) is 4.08. The number of nitrogens with one attached hydrogen (secondary N) is 1. The van der Waals surface area contributed by atoms with E-state index in [9.17, 15) is 0 Å². The number of hydrogen-bond donors (Lipinski definition) is 1. The van der Waals surface area contributed by atoms with Gasteiger partial charge in [0.25, 0.3) is 0 Å². The van der Waals surface area contributed by atoms with E-state index >= 15 is 0 Å². The lowest BCUT2D eigenvalue weighted by Gasteiger charge is -2.02. The molecule has 5 aromatic rings.